The molecule has 0 spiro atoms. The Morgan fingerprint density at radius 1 is 1.36 bits per heavy atom. The van der Waals surface area contributed by atoms with Crippen LogP contribution in [0.25, 0.3) is 0 Å². The number of nitro groups is 1. The Balaban J connectivity index is 1.70. The summed E-state index contributed by atoms with van der Waals surface area (Å²) in [5.74, 6) is 0.0993. The fourth-order valence-corrected chi connectivity index (χ4v) is 2.38. The van der Waals surface area contributed by atoms with Crippen molar-refractivity contribution < 1.29 is 14.5 Å². The number of nitro benzene ring substituents is 1. The zero-order valence-corrected chi connectivity index (χ0v) is 12.4. The van der Waals surface area contributed by atoms with Crippen LogP contribution in [0.15, 0.2) is 35.9 Å². The van der Waals surface area contributed by atoms with E-state index in [2.05, 4.69) is 11.4 Å². The number of ether oxygens (including phenoxy) is 1. The first-order chi connectivity index (χ1) is 10.6. The first-order valence-corrected chi connectivity index (χ1v) is 7.47. The van der Waals surface area contributed by atoms with Crippen LogP contribution in [-0.2, 0) is 4.79 Å². The molecule has 1 amide bonds. The van der Waals surface area contributed by atoms with Gasteiger partial charge in [0.05, 0.1) is 11.0 Å². The number of amides is 1. The third-order valence-electron chi connectivity index (χ3n) is 3.55. The Morgan fingerprint density at radius 2 is 2.23 bits per heavy atom. The lowest BCUT2D eigenvalue weighted by Crippen LogP contribution is -2.30. The molecule has 2 rings (SSSR count). The number of nitrogens with one attached hydrogen (secondary N) is 1. The number of allylic oxidation sites excluding steroid dienone is 1. The van der Waals surface area contributed by atoms with Crippen molar-refractivity contribution in [3.63, 3.8) is 0 Å². The predicted molar refractivity (Wildman–Crippen MR) is 82.8 cm³/mol. The van der Waals surface area contributed by atoms with E-state index >= 15 is 0 Å². The first-order valence-electron chi connectivity index (χ1n) is 7.47. The molecule has 1 N–H and O–H groups in total. The van der Waals surface area contributed by atoms with Gasteiger partial charge in [-0.1, -0.05) is 17.7 Å². The molecule has 0 saturated carbocycles. The van der Waals surface area contributed by atoms with Crippen LogP contribution < -0.4 is 10.1 Å². The quantitative estimate of drug-likeness (QED) is 0.477. The van der Waals surface area contributed by atoms with Crippen molar-refractivity contribution in [3.8, 4) is 5.75 Å². The summed E-state index contributed by atoms with van der Waals surface area (Å²) in [6.07, 6.45) is 7.89. The van der Waals surface area contributed by atoms with Gasteiger partial charge in [-0.2, -0.15) is 0 Å². The van der Waals surface area contributed by atoms with Crippen LogP contribution in [0.4, 0.5) is 5.69 Å². The number of benzene rings is 1. The third-order valence-corrected chi connectivity index (χ3v) is 3.55. The molecule has 0 saturated heterocycles. The van der Waals surface area contributed by atoms with Gasteiger partial charge in [0, 0.05) is 12.6 Å². The maximum atomic E-state index is 11.7. The molecule has 0 fully saturated rings. The SMILES string of the molecule is O=C(COc1cccc([N+](=O)[O-])c1)NCCC1=CCCCC1. The molecule has 6 heteroatoms. The van der Waals surface area contributed by atoms with Crippen molar-refractivity contribution in [2.45, 2.75) is 32.1 Å². The number of hydrogen-bond acceptors (Lipinski definition) is 4. The highest BCUT2D eigenvalue weighted by atomic mass is 16.6. The largest absolute Gasteiger partial charge is 0.484 e. The fraction of sp³-hybridized carbons (Fsp3) is 0.438. The highest BCUT2D eigenvalue weighted by Crippen LogP contribution is 2.20. The van der Waals surface area contributed by atoms with Gasteiger partial charge in [-0.25, -0.2) is 0 Å². The number of hydrogen-bond donors (Lipinski definition) is 1. The Bertz CT molecular complexity index is 569. The molecule has 1 aromatic carbocycles. The predicted octanol–water partition coefficient (Wildman–Crippen LogP) is 2.98. The number of rotatable bonds is 7. The molecule has 0 heterocycles. The minimum Gasteiger partial charge on any atom is -0.484 e. The summed E-state index contributed by atoms with van der Waals surface area (Å²) >= 11 is 0. The molecule has 1 aliphatic rings. The molecular formula is C16H20N2O4. The van der Waals surface area contributed by atoms with Crippen LogP contribution in [0.3, 0.4) is 0 Å². The molecule has 1 aromatic rings. The van der Waals surface area contributed by atoms with E-state index in [1.54, 1.807) is 6.07 Å². The minimum absolute atomic E-state index is 0.0536. The van der Waals surface area contributed by atoms with Gasteiger partial charge < -0.3 is 10.1 Å². The highest BCUT2D eigenvalue weighted by molar-refractivity contribution is 5.77. The molecule has 118 valence electrons. The molecule has 6 nitrogen and oxygen atoms in total. The Morgan fingerprint density at radius 3 is 2.95 bits per heavy atom. The highest BCUT2D eigenvalue weighted by Gasteiger charge is 2.08. The van der Waals surface area contributed by atoms with E-state index in [4.69, 9.17) is 4.74 Å². The summed E-state index contributed by atoms with van der Waals surface area (Å²) in [6.45, 7) is 0.461. The minimum atomic E-state index is -0.495. The fourth-order valence-electron chi connectivity index (χ4n) is 2.38. The van der Waals surface area contributed by atoms with Gasteiger partial charge in [0.2, 0.25) is 0 Å². The summed E-state index contributed by atoms with van der Waals surface area (Å²) < 4.78 is 5.27. The number of carbonyl (C=O) groups excluding carboxylic acids is 1. The van der Waals surface area contributed by atoms with Crippen LogP contribution in [0, 0.1) is 10.1 Å². The van der Waals surface area contributed by atoms with Crippen LogP contribution >= 0.6 is 0 Å². The monoisotopic (exact) mass is 304 g/mol. The van der Waals surface area contributed by atoms with E-state index in [1.807, 2.05) is 0 Å². The second-order valence-electron chi connectivity index (χ2n) is 5.25. The van der Waals surface area contributed by atoms with Crippen LogP contribution in [0.1, 0.15) is 32.1 Å². The topological polar surface area (TPSA) is 81.5 Å². The van der Waals surface area contributed by atoms with Crippen molar-refractivity contribution in [1.29, 1.82) is 0 Å². The Kier molecular flexibility index (Phi) is 5.94. The summed E-state index contributed by atoms with van der Waals surface area (Å²) in [6, 6.07) is 5.80. The second kappa shape index (κ2) is 8.17. The summed E-state index contributed by atoms with van der Waals surface area (Å²) in [5, 5.41) is 13.4. The lowest BCUT2D eigenvalue weighted by atomic mass is 9.97. The Labute approximate surface area is 129 Å². The summed E-state index contributed by atoms with van der Waals surface area (Å²) in [7, 11) is 0. The lowest BCUT2D eigenvalue weighted by molar-refractivity contribution is -0.384. The maximum Gasteiger partial charge on any atom is 0.273 e. The smallest absolute Gasteiger partial charge is 0.273 e. The summed E-state index contributed by atoms with van der Waals surface area (Å²) in [5.41, 5.74) is 1.35. The standard InChI is InChI=1S/C16H20N2O4/c19-16(17-10-9-13-5-2-1-3-6-13)12-22-15-8-4-7-14(11-15)18(20)21/h4-5,7-8,11H,1-3,6,9-10,12H2,(H,17,19). The van der Waals surface area contributed by atoms with Gasteiger partial charge in [-0.05, 0) is 38.2 Å². The molecule has 0 atom stereocenters. The molecule has 0 aliphatic heterocycles. The molecule has 22 heavy (non-hydrogen) atoms. The number of nitrogens with zero attached hydrogens (tertiary/aromatic N) is 1. The average Bonchev–Trinajstić information content (AvgIpc) is 2.54. The van der Waals surface area contributed by atoms with Gasteiger partial charge in [-0.3, -0.25) is 14.9 Å². The lowest BCUT2D eigenvalue weighted by Gasteiger charge is -2.13. The molecule has 0 aromatic heterocycles. The van der Waals surface area contributed by atoms with Crippen molar-refractivity contribution in [3.05, 3.63) is 46.0 Å². The summed E-state index contributed by atoms with van der Waals surface area (Å²) in [4.78, 5) is 21.8. The zero-order valence-electron chi connectivity index (χ0n) is 12.4. The second-order valence-corrected chi connectivity index (χ2v) is 5.25. The van der Waals surface area contributed by atoms with E-state index < -0.39 is 4.92 Å². The molecule has 0 unspecified atom stereocenters. The van der Waals surface area contributed by atoms with Crippen molar-refractivity contribution in [2.75, 3.05) is 13.2 Å². The maximum absolute atomic E-state index is 11.7. The van der Waals surface area contributed by atoms with Gasteiger partial charge in [-0.15, -0.1) is 0 Å². The van der Waals surface area contributed by atoms with Gasteiger partial charge in [0.15, 0.2) is 6.61 Å². The molecule has 0 bridgehead atoms. The van der Waals surface area contributed by atoms with E-state index in [0.29, 0.717) is 12.3 Å². The average molecular weight is 304 g/mol. The zero-order chi connectivity index (χ0) is 15.8. The molecule has 1 aliphatic carbocycles. The van der Waals surface area contributed by atoms with Crippen molar-refractivity contribution >= 4 is 11.6 Å². The van der Waals surface area contributed by atoms with E-state index in [1.165, 1.54) is 36.6 Å². The van der Waals surface area contributed by atoms with Crippen LogP contribution in [-0.4, -0.2) is 24.0 Å². The first kappa shape index (κ1) is 16.0. The Hall–Kier alpha value is -2.37. The van der Waals surface area contributed by atoms with E-state index in [9.17, 15) is 14.9 Å². The van der Waals surface area contributed by atoms with E-state index in [-0.39, 0.29) is 18.2 Å². The number of non-ortho nitro benzene ring substituents is 1. The van der Waals surface area contributed by atoms with Crippen LogP contribution in [0.5, 0.6) is 5.75 Å². The molecule has 0 radical (unpaired) electrons. The van der Waals surface area contributed by atoms with Gasteiger partial charge in [0.1, 0.15) is 5.75 Å². The van der Waals surface area contributed by atoms with Crippen molar-refractivity contribution in [2.24, 2.45) is 0 Å². The van der Waals surface area contributed by atoms with Crippen LogP contribution in [0.2, 0.25) is 0 Å². The normalized spacial score (nSPS) is 14.1. The third kappa shape index (κ3) is 5.20. The van der Waals surface area contributed by atoms with Gasteiger partial charge >= 0.3 is 0 Å². The van der Waals surface area contributed by atoms with Gasteiger partial charge in [0.25, 0.3) is 11.6 Å². The van der Waals surface area contributed by atoms with Crippen molar-refractivity contribution in [1.82, 2.24) is 5.32 Å². The number of carbonyl (C=O) groups is 1. The van der Waals surface area contributed by atoms with E-state index in [0.717, 1.165) is 19.3 Å². The molecular weight excluding hydrogens is 284 g/mol.